The van der Waals surface area contributed by atoms with E-state index in [1.807, 2.05) is 43.3 Å². The van der Waals surface area contributed by atoms with Gasteiger partial charge in [0.15, 0.2) is 5.96 Å². The Morgan fingerprint density at radius 2 is 2.11 bits per heavy atom. The molecule has 0 radical (unpaired) electrons. The lowest BCUT2D eigenvalue weighted by molar-refractivity contribution is -0.114. The van der Waals surface area contributed by atoms with E-state index in [0.29, 0.717) is 19.8 Å². The predicted octanol–water partition coefficient (Wildman–Crippen LogP) is 2.90. The van der Waals surface area contributed by atoms with E-state index in [2.05, 4.69) is 20.9 Å². The number of furan rings is 1. The largest absolute Gasteiger partial charge is 0.467 e. The number of nitrogens with zero attached hydrogens (tertiary/aromatic N) is 1. The van der Waals surface area contributed by atoms with Gasteiger partial charge in [0, 0.05) is 32.3 Å². The van der Waals surface area contributed by atoms with E-state index in [0.717, 1.165) is 42.5 Å². The molecule has 7 heteroatoms. The molecule has 2 aromatic rings. The van der Waals surface area contributed by atoms with Crippen LogP contribution >= 0.6 is 0 Å². The summed E-state index contributed by atoms with van der Waals surface area (Å²) in [5.74, 6) is 1.51. The number of guanidine groups is 1. The average Bonchev–Trinajstić information content (AvgIpc) is 3.15. The zero-order valence-corrected chi connectivity index (χ0v) is 16.0. The van der Waals surface area contributed by atoms with Crippen LogP contribution < -0.4 is 16.0 Å². The molecule has 0 atom stereocenters. The van der Waals surface area contributed by atoms with Crippen molar-refractivity contribution in [3.05, 3.63) is 54.0 Å². The number of hydrogen-bond donors (Lipinski definition) is 3. The van der Waals surface area contributed by atoms with Crippen LogP contribution in [-0.4, -0.2) is 31.6 Å². The van der Waals surface area contributed by atoms with E-state index < -0.39 is 0 Å². The summed E-state index contributed by atoms with van der Waals surface area (Å²) in [4.78, 5) is 15.7. The molecule has 7 nitrogen and oxygen atoms in total. The highest BCUT2D eigenvalue weighted by molar-refractivity contribution is 5.88. The third-order valence-electron chi connectivity index (χ3n) is 3.59. The molecule has 0 saturated heterocycles. The minimum atomic E-state index is -0.0834. The fourth-order valence-corrected chi connectivity index (χ4v) is 2.41. The minimum Gasteiger partial charge on any atom is -0.467 e. The summed E-state index contributed by atoms with van der Waals surface area (Å²) >= 11 is 0. The van der Waals surface area contributed by atoms with E-state index >= 15 is 0 Å². The van der Waals surface area contributed by atoms with Gasteiger partial charge in [-0.15, -0.1) is 0 Å². The fraction of sp³-hybridized carbons (Fsp3) is 0.400. The van der Waals surface area contributed by atoms with Gasteiger partial charge in [0.05, 0.1) is 12.8 Å². The smallest absolute Gasteiger partial charge is 0.221 e. The summed E-state index contributed by atoms with van der Waals surface area (Å²) in [7, 11) is 0. The molecule has 0 aliphatic carbocycles. The van der Waals surface area contributed by atoms with Crippen LogP contribution in [-0.2, 0) is 22.7 Å². The quantitative estimate of drug-likeness (QED) is 0.339. The molecule has 0 unspecified atom stereocenters. The number of aliphatic imine (C=N–C) groups is 1. The Morgan fingerprint density at radius 1 is 1.22 bits per heavy atom. The molecule has 0 aliphatic heterocycles. The Hall–Kier alpha value is -2.80. The van der Waals surface area contributed by atoms with Gasteiger partial charge in [0.1, 0.15) is 12.4 Å². The summed E-state index contributed by atoms with van der Waals surface area (Å²) in [6.45, 7) is 6.73. The number of carbonyl (C=O) groups excluding carboxylic acids is 1. The monoisotopic (exact) mass is 372 g/mol. The normalized spacial score (nSPS) is 11.3. The number of anilines is 1. The lowest BCUT2D eigenvalue weighted by Crippen LogP contribution is -2.38. The molecular formula is C20H28N4O3. The van der Waals surface area contributed by atoms with Crippen LogP contribution in [0, 0.1) is 0 Å². The van der Waals surface area contributed by atoms with Crippen molar-refractivity contribution in [2.75, 3.05) is 25.0 Å². The second kappa shape index (κ2) is 11.7. The van der Waals surface area contributed by atoms with Crippen LogP contribution in [0.5, 0.6) is 0 Å². The first-order valence-electron chi connectivity index (χ1n) is 9.16. The minimum absolute atomic E-state index is 0.0834. The maximum Gasteiger partial charge on any atom is 0.221 e. The van der Waals surface area contributed by atoms with Crippen molar-refractivity contribution in [3.8, 4) is 0 Å². The molecule has 1 amide bonds. The summed E-state index contributed by atoms with van der Waals surface area (Å²) in [5.41, 5.74) is 1.81. The van der Waals surface area contributed by atoms with Crippen LogP contribution in [0.3, 0.4) is 0 Å². The second-order valence-corrected chi connectivity index (χ2v) is 5.99. The average molecular weight is 372 g/mol. The lowest BCUT2D eigenvalue weighted by Gasteiger charge is -2.11. The Balaban J connectivity index is 1.73. The molecule has 0 spiro atoms. The van der Waals surface area contributed by atoms with Gasteiger partial charge in [-0.05, 0) is 43.2 Å². The summed E-state index contributed by atoms with van der Waals surface area (Å²) in [6.07, 6.45) is 2.51. The number of rotatable bonds is 10. The Kier molecular flexibility index (Phi) is 8.92. The first-order chi connectivity index (χ1) is 13.2. The zero-order chi connectivity index (χ0) is 19.3. The summed E-state index contributed by atoms with van der Waals surface area (Å²) < 4.78 is 10.8. The molecule has 0 aliphatic rings. The molecule has 146 valence electrons. The SMILES string of the molecule is CCNC(=NCc1cccc(NC(C)=O)c1)NCCCOCc1ccco1. The molecule has 0 bridgehead atoms. The number of nitrogens with one attached hydrogen (secondary N) is 3. The molecule has 0 saturated carbocycles. The van der Waals surface area contributed by atoms with E-state index in [4.69, 9.17) is 9.15 Å². The van der Waals surface area contributed by atoms with Crippen LogP contribution in [0.4, 0.5) is 5.69 Å². The second-order valence-electron chi connectivity index (χ2n) is 5.99. The van der Waals surface area contributed by atoms with Crippen molar-refractivity contribution in [2.24, 2.45) is 4.99 Å². The number of amides is 1. The molecule has 1 aromatic heterocycles. The van der Waals surface area contributed by atoms with Crippen LogP contribution in [0.25, 0.3) is 0 Å². The summed E-state index contributed by atoms with van der Waals surface area (Å²) in [5, 5.41) is 9.31. The lowest BCUT2D eigenvalue weighted by atomic mass is 10.2. The number of carbonyl (C=O) groups is 1. The van der Waals surface area contributed by atoms with Crippen molar-refractivity contribution in [1.82, 2.24) is 10.6 Å². The van der Waals surface area contributed by atoms with E-state index in [-0.39, 0.29) is 5.91 Å². The summed E-state index contributed by atoms with van der Waals surface area (Å²) in [6, 6.07) is 11.4. The van der Waals surface area contributed by atoms with Crippen molar-refractivity contribution >= 4 is 17.6 Å². The van der Waals surface area contributed by atoms with Crippen LogP contribution in [0.15, 0.2) is 52.1 Å². The zero-order valence-electron chi connectivity index (χ0n) is 16.0. The van der Waals surface area contributed by atoms with Gasteiger partial charge in [-0.25, -0.2) is 4.99 Å². The van der Waals surface area contributed by atoms with Crippen molar-refractivity contribution in [3.63, 3.8) is 0 Å². The Morgan fingerprint density at radius 3 is 2.85 bits per heavy atom. The van der Waals surface area contributed by atoms with Crippen molar-refractivity contribution in [1.29, 1.82) is 0 Å². The third kappa shape index (κ3) is 8.42. The molecule has 27 heavy (non-hydrogen) atoms. The van der Waals surface area contributed by atoms with E-state index in [9.17, 15) is 4.79 Å². The highest BCUT2D eigenvalue weighted by atomic mass is 16.5. The predicted molar refractivity (Wildman–Crippen MR) is 107 cm³/mol. The maximum atomic E-state index is 11.2. The molecule has 1 aromatic carbocycles. The van der Waals surface area contributed by atoms with Gasteiger partial charge in [0.25, 0.3) is 0 Å². The topological polar surface area (TPSA) is 87.9 Å². The van der Waals surface area contributed by atoms with Gasteiger partial charge in [-0.3, -0.25) is 4.79 Å². The van der Waals surface area contributed by atoms with Crippen molar-refractivity contribution < 1.29 is 13.9 Å². The van der Waals surface area contributed by atoms with Gasteiger partial charge in [-0.2, -0.15) is 0 Å². The fourth-order valence-electron chi connectivity index (χ4n) is 2.41. The van der Waals surface area contributed by atoms with Crippen LogP contribution in [0.1, 0.15) is 31.6 Å². The van der Waals surface area contributed by atoms with Crippen LogP contribution in [0.2, 0.25) is 0 Å². The first kappa shape index (κ1) is 20.5. The first-order valence-corrected chi connectivity index (χ1v) is 9.16. The third-order valence-corrected chi connectivity index (χ3v) is 3.59. The molecule has 0 fully saturated rings. The van der Waals surface area contributed by atoms with Gasteiger partial charge in [-0.1, -0.05) is 12.1 Å². The molecule has 3 N–H and O–H groups in total. The van der Waals surface area contributed by atoms with Crippen molar-refractivity contribution in [2.45, 2.75) is 33.4 Å². The molecule has 1 heterocycles. The number of hydrogen-bond acceptors (Lipinski definition) is 4. The molecular weight excluding hydrogens is 344 g/mol. The Labute approximate surface area is 160 Å². The standard InChI is InChI=1S/C20H28N4O3/c1-3-21-20(22-10-6-11-26-15-19-9-5-12-27-19)23-14-17-7-4-8-18(13-17)24-16(2)25/h4-5,7-9,12-13H,3,6,10-11,14-15H2,1-2H3,(H,24,25)(H2,21,22,23). The van der Waals surface area contributed by atoms with E-state index in [1.54, 1.807) is 6.26 Å². The van der Waals surface area contributed by atoms with Gasteiger partial charge in [0.2, 0.25) is 5.91 Å². The van der Waals surface area contributed by atoms with Gasteiger partial charge < -0.3 is 25.1 Å². The maximum absolute atomic E-state index is 11.2. The van der Waals surface area contributed by atoms with Gasteiger partial charge >= 0.3 is 0 Å². The highest BCUT2D eigenvalue weighted by Crippen LogP contribution is 2.11. The number of ether oxygens (including phenoxy) is 1. The Bertz CT molecular complexity index is 714. The molecule has 2 rings (SSSR count). The van der Waals surface area contributed by atoms with E-state index in [1.165, 1.54) is 6.92 Å². The highest BCUT2D eigenvalue weighted by Gasteiger charge is 2.01. The number of benzene rings is 1.